The number of fused-ring (bicyclic) bond motifs is 1. The number of nitrogens with zero attached hydrogens (tertiary/aromatic N) is 1. The van der Waals surface area contributed by atoms with Crippen molar-refractivity contribution < 1.29 is 8.42 Å². The highest BCUT2D eigenvalue weighted by molar-refractivity contribution is 7.92. The maximum Gasteiger partial charge on any atom is 0.234 e. The van der Waals surface area contributed by atoms with Gasteiger partial charge in [0.2, 0.25) is 10.0 Å². The van der Waals surface area contributed by atoms with E-state index < -0.39 is 10.0 Å². The number of anilines is 1. The van der Waals surface area contributed by atoms with E-state index in [-0.39, 0.29) is 5.75 Å². The number of aromatic nitrogens is 1. The van der Waals surface area contributed by atoms with E-state index in [1.54, 1.807) is 0 Å². The van der Waals surface area contributed by atoms with E-state index in [4.69, 9.17) is 11.6 Å². The Kier molecular flexibility index (Phi) is 4.42. The summed E-state index contributed by atoms with van der Waals surface area (Å²) in [5.41, 5.74) is 0.806. The van der Waals surface area contributed by atoms with Gasteiger partial charge in [0.25, 0.3) is 0 Å². The molecule has 1 N–H and O–H groups in total. The van der Waals surface area contributed by atoms with Crippen LogP contribution in [0.4, 0.5) is 5.13 Å². The number of hydrogen-bond acceptors (Lipinski definition) is 4. The molecule has 1 heterocycles. The molecule has 0 radical (unpaired) electrons. The van der Waals surface area contributed by atoms with Crippen LogP contribution < -0.4 is 4.72 Å². The van der Waals surface area contributed by atoms with Crippen LogP contribution in [0.3, 0.4) is 0 Å². The SMILES string of the molecule is O=S(=O)(CCCCCl)Nc1nc2ccccc2s1. The minimum absolute atomic E-state index is 0.0790. The molecule has 0 unspecified atom stereocenters. The van der Waals surface area contributed by atoms with Crippen LogP contribution in [0, 0.1) is 0 Å². The number of thiazole rings is 1. The van der Waals surface area contributed by atoms with Crippen LogP contribution in [-0.2, 0) is 10.0 Å². The highest BCUT2D eigenvalue weighted by Crippen LogP contribution is 2.26. The highest BCUT2D eigenvalue weighted by atomic mass is 35.5. The van der Waals surface area contributed by atoms with Crippen molar-refractivity contribution in [1.82, 2.24) is 4.98 Å². The number of unbranched alkanes of at least 4 members (excludes halogenated alkanes) is 1. The first-order valence-electron chi connectivity index (χ1n) is 5.53. The Bertz CT molecular complexity index is 592. The van der Waals surface area contributed by atoms with E-state index in [1.807, 2.05) is 24.3 Å². The number of hydrogen-bond donors (Lipinski definition) is 1. The van der Waals surface area contributed by atoms with Gasteiger partial charge < -0.3 is 0 Å². The van der Waals surface area contributed by atoms with Gasteiger partial charge in [-0.25, -0.2) is 13.4 Å². The Labute approximate surface area is 115 Å². The van der Waals surface area contributed by atoms with Gasteiger partial charge in [-0.05, 0) is 25.0 Å². The third-order valence-corrected chi connectivity index (χ3v) is 5.01. The molecule has 0 fully saturated rings. The minimum Gasteiger partial charge on any atom is -0.259 e. The summed E-state index contributed by atoms with van der Waals surface area (Å²) >= 11 is 6.85. The third-order valence-electron chi connectivity index (χ3n) is 2.33. The molecule has 18 heavy (non-hydrogen) atoms. The Morgan fingerprint density at radius 2 is 2.06 bits per heavy atom. The van der Waals surface area contributed by atoms with Crippen molar-refractivity contribution >= 4 is 48.3 Å². The summed E-state index contributed by atoms with van der Waals surface area (Å²) in [6, 6.07) is 7.55. The van der Waals surface area contributed by atoms with Gasteiger partial charge in [0, 0.05) is 5.88 Å². The van der Waals surface area contributed by atoms with Crippen LogP contribution in [0.2, 0.25) is 0 Å². The molecule has 0 spiro atoms. The second-order valence-electron chi connectivity index (χ2n) is 3.80. The minimum atomic E-state index is -3.32. The lowest BCUT2D eigenvalue weighted by Gasteiger charge is -2.03. The molecule has 1 aromatic heterocycles. The topological polar surface area (TPSA) is 59.1 Å². The van der Waals surface area contributed by atoms with Gasteiger partial charge in [-0.1, -0.05) is 23.5 Å². The van der Waals surface area contributed by atoms with E-state index in [0.29, 0.717) is 23.9 Å². The van der Waals surface area contributed by atoms with Crippen molar-refractivity contribution in [2.45, 2.75) is 12.8 Å². The van der Waals surface area contributed by atoms with Gasteiger partial charge in [-0.15, -0.1) is 11.6 Å². The molecular formula is C11H13ClN2O2S2. The van der Waals surface area contributed by atoms with Crippen LogP contribution in [0.15, 0.2) is 24.3 Å². The molecule has 7 heteroatoms. The Morgan fingerprint density at radius 3 is 2.78 bits per heavy atom. The van der Waals surface area contributed by atoms with Crippen molar-refractivity contribution in [1.29, 1.82) is 0 Å². The van der Waals surface area contributed by atoms with Crippen LogP contribution in [-0.4, -0.2) is 25.0 Å². The number of alkyl halides is 1. The standard InChI is InChI=1S/C11H13ClN2O2S2/c12-7-3-4-8-18(15,16)14-11-13-9-5-1-2-6-10(9)17-11/h1-2,5-6H,3-4,7-8H2,(H,13,14). The van der Waals surface area contributed by atoms with E-state index in [9.17, 15) is 8.42 Å². The summed E-state index contributed by atoms with van der Waals surface area (Å²) in [5, 5.41) is 0.419. The van der Waals surface area contributed by atoms with Gasteiger partial charge in [-0.3, -0.25) is 4.72 Å². The molecule has 0 atom stereocenters. The van der Waals surface area contributed by atoms with Crippen molar-refractivity contribution in [3.8, 4) is 0 Å². The summed E-state index contributed by atoms with van der Waals surface area (Å²) in [6.45, 7) is 0. The van der Waals surface area contributed by atoms with Crippen molar-refractivity contribution in [2.24, 2.45) is 0 Å². The molecule has 0 amide bonds. The first-order chi connectivity index (χ1) is 8.61. The number of halogens is 1. The van der Waals surface area contributed by atoms with Crippen LogP contribution in [0.25, 0.3) is 10.2 Å². The van der Waals surface area contributed by atoms with Gasteiger partial charge >= 0.3 is 0 Å². The summed E-state index contributed by atoms with van der Waals surface area (Å²) in [6.07, 6.45) is 1.26. The number of rotatable bonds is 6. The fourth-order valence-corrected chi connectivity index (χ4v) is 3.94. The molecule has 4 nitrogen and oxygen atoms in total. The highest BCUT2D eigenvalue weighted by Gasteiger charge is 2.12. The average Bonchev–Trinajstić information content (AvgIpc) is 2.70. The number of nitrogens with one attached hydrogen (secondary N) is 1. The average molecular weight is 305 g/mol. The molecule has 0 saturated carbocycles. The summed E-state index contributed by atoms with van der Waals surface area (Å²) < 4.78 is 27.0. The molecule has 2 aromatic rings. The van der Waals surface area contributed by atoms with E-state index >= 15 is 0 Å². The number of sulfonamides is 1. The lowest BCUT2D eigenvalue weighted by atomic mass is 10.3. The Hall–Kier alpha value is -0.850. The smallest absolute Gasteiger partial charge is 0.234 e. The van der Waals surface area contributed by atoms with E-state index in [0.717, 1.165) is 10.2 Å². The summed E-state index contributed by atoms with van der Waals surface area (Å²) in [5.74, 6) is 0.562. The molecule has 0 aliphatic heterocycles. The molecule has 1 aromatic carbocycles. The molecular weight excluding hydrogens is 292 g/mol. The second kappa shape index (κ2) is 5.86. The lowest BCUT2D eigenvalue weighted by molar-refractivity contribution is 0.598. The largest absolute Gasteiger partial charge is 0.259 e. The lowest BCUT2D eigenvalue weighted by Crippen LogP contribution is -2.16. The van der Waals surface area contributed by atoms with Crippen LogP contribution in [0.5, 0.6) is 0 Å². The fraction of sp³-hybridized carbons (Fsp3) is 0.364. The first kappa shape index (κ1) is 13.6. The number of benzene rings is 1. The van der Waals surface area contributed by atoms with Gasteiger partial charge in [0.05, 0.1) is 16.0 Å². The van der Waals surface area contributed by atoms with Gasteiger partial charge in [0.1, 0.15) is 0 Å². The zero-order chi connectivity index (χ0) is 13.0. The van der Waals surface area contributed by atoms with Crippen molar-refractivity contribution in [3.63, 3.8) is 0 Å². The zero-order valence-electron chi connectivity index (χ0n) is 9.60. The maximum absolute atomic E-state index is 11.8. The Balaban J connectivity index is 2.08. The Morgan fingerprint density at radius 1 is 1.28 bits per heavy atom. The molecule has 0 aliphatic carbocycles. The molecule has 2 rings (SSSR count). The zero-order valence-corrected chi connectivity index (χ0v) is 12.0. The fourth-order valence-electron chi connectivity index (χ4n) is 1.49. The molecule has 0 bridgehead atoms. The van der Waals surface area contributed by atoms with Gasteiger partial charge in [-0.2, -0.15) is 0 Å². The summed E-state index contributed by atoms with van der Waals surface area (Å²) in [4.78, 5) is 4.23. The second-order valence-corrected chi connectivity index (χ2v) is 7.05. The maximum atomic E-state index is 11.8. The predicted octanol–water partition coefficient (Wildman–Crippen LogP) is 3.06. The normalized spacial score (nSPS) is 11.8. The van der Waals surface area contributed by atoms with Crippen LogP contribution >= 0.6 is 22.9 Å². The molecule has 0 aliphatic rings. The molecule has 98 valence electrons. The number of para-hydroxylation sites is 1. The van der Waals surface area contributed by atoms with E-state index in [1.165, 1.54) is 11.3 Å². The third kappa shape index (κ3) is 3.57. The quantitative estimate of drug-likeness (QED) is 0.659. The monoisotopic (exact) mass is 304 g/mol. The van der Waals surface area contributed by atoms with E-state index in [2.05, 4.69) is 9.71 Å². The molecule has 0 saturated heterocycles. The predicted molar refractivity (Wildman–Crippen MR) is 77.0 cm³/mol. The van der Waals surface area contributed by atoms with Crippen molar-refractivity contribution in [3.05, 3.63) is 24.3 Å². The van der Waals surface area contributed by atoms with Gasteiger partial charge in [0.15, 0.2) is 5.13 Å². The van der Waals surface area contributed by atoms with Crippen LogP contribution in [0.1, 0.15) is 12.8 Å². The summed E-state index contributed by atoms with van der Waals surface area (Å²) in [7, 11) is -3.32. The first-order valence-corrected chi connectivity index (χ1v) is 8.53. The van der Waals surface area contributed by atoms with Crippen molar-refractivity contribution in [2.75, 3.05) is 16.4 Å².